The fraction of sp³-hybridized carbons (Fsp3) is 0.400. The Bertz CT molecular complexity index is 888. The second-order valence-corrected chi connectivity index (χ2v) is 10.6. The Labute approximate surface area is 161 Å². The molecule has 2 aromatic carbocycles. The summed E-state index contributed by atoms with van der Waals surface area (Å²) in [6.45, 7) is 11.9. The average Bonchev–Trinajstić information content (AvgIpc) is 2.46. The maximum Gasteiger partial charge on any atom is 0.261 e. The molecule has 2 N–H and O–H groups in total. The molecule has 0 fully saturated rings. The van der Waals surface area contributed by atoms with Crippen molar-refractivity contribution in [2.24, 2.45) is 0 Å². The maximum absolute atomic E-state index is 12.7. The zero-order valence-electron chi connectivity index (χ0n) is 16.0. The van der Waals surface area contributed by atoms with Gasteiger partial charge in [0.1, 0.15) is 5.75 Å². The lowest BCUT2D eigenvalue weighted by Crippen LogP contribution is -2.19. The van der Waals surface area contributed by atoms with Crippen molar-refractivity contribution in [3.8, 4) is 5.75 Å². The molecule has 0 radical (unpaired) electrons. The van der Waals surface area contributed by atoms with Crippen LogP contribution in [0.4, 0.5) is 5.69 Å². The molecule has 0 saturated heterocycles. The van der Waals surface area contributed by atoms with Crippen LogP contribution in [0.5, 0.6) is 5.75 Å². The Hall–Kier alpha value is -1.72. The van der Waals surface area contributed by atoms with Crippen LogP contribution in [-0.4, -0.2) is 13.5 Å². The number of hydrogen-bond acceptors (Lipinski definition) is 3. The summed E-state index contributed by atoms with van der Waals surface area (Å²) in [4.78, 5) is 0.0905. The van der Waals surface area contributed by atoms with Crippen LogP contribution < -0.4 is 4.72 Å². The number of benzene rings is 2. The Kier molecular flexibility index (Phi) is 5.37. The van der Waals surface area contributed by atoms with Crippen LogP contribution in [-0.2, 0) is 20.9 Å². The number of rotatable bonds is 3. The molecule has 4 nitrogen and oxygen atoms in total. The molecule has 26 heavy (non-hydrogen) atoms. The van der Waals surface area contributed by atoms with E-state index in [1.165, 1.54) is 12.1 Å². The third kappa shape index (κ3) is 4.51. The third-order valence-corrected chi connectivity index (χ3v) is 5.70. The van der Waals surface area contributed by atoms with E-state index in [1.54, 1.807) is 24.3 Å². The van der Waals surface area contributed by atoms with Crippen molar-refractivity contribution >= 4 is 27.3 Å². The highest BCUT2D eigenvalue weighted by Gasteiger charge is 2.27. The molecule has 0 atom stereocenters. The standard InChI is InChI=1S/C20H26ClNO3S/c1-19(2,3)16-11-14(12-17(18(16)23)20(4,5)6)22-26(24,25)15-9-7-8-13(21)10-15/h7-12,22-23H,1-6H3. The zero-order valence-corrected chi connectivity index (χ0v) is 17.6. The number of nitrogens with one attached hydrogen (secondary N) is 1. The van der Waals surface area contributed by atoms with E-state index in [9.17, 15) is 13.5 Å². The van der Waals surface area contributed by atoms with Crippen LogP contribution in [0.2, 0.25) is 5.02 Å². The van der Waals surface area contributed by atoms with Gasteiger partial charge >= 0.3 is 0 Å². The number of phenolic OH excluding ortho intramolecular Hbond substituents is 1. The molecule has 0 unspecified atom stereocenters. The Balaban J connectivity index is 2.60. The van der Waals surface area contributed by atoms with E-state index in [4.69, 9.17) is 11.6 Å². The van der Waals surface area contributed by atoms with Crippen molar-refractivity contribution < 1.29 is 13.5 Å². The van der Waals surface area contributed by atoms with E-state index in [2.05, 4.69) is 4.72 Å². The Morgan fingerprint density at radius 3 is 1.85 bits per heavy atom. The molecule has 0 amide bonds. The van der Waals surface area contributed by atoms with Gasteiger partial charge < -0.3 is 5.11 Å². The summed E-state index contributed by atoms with van der Waals surface area (Å²) in [6.07, 6.45) is 0. The molecular weight excluding hydrogens is 370 g/mol. The van der Waals surface area contributed by atoms with Gasteiger partial charge in [-0.25, -0.2) is 8.42 Å². The second kappa shape index (κ2) is 6.78. The van der Waals surface area contributed by atoms with Gasteiger partial charge in [0.2, 0.25) is 0 Å². The van der Waals surface area contributed by atoms with E-state index in [-0.39, 0.29) is 21.5 Å². The average molecular weight is 396 g/mol. The number of anilines is 1. The molecule has 2 rings (SSSR count). The highest BCUT2D eigenvalue weighted by Crippen LogP contribution is 2.41. The van der Waals surface area contributed by atoms with Crippen LogP contribution in [0, 0.1) is 0 Å². The predicted molar refractivity (Wildman–Crippen MR) is 108 cm³/mol. The summed E-state index contributed by atoms with van der Waals surface area (Å²) in [7, 11) is -3.79. The van der Waals surface area contributed by atoms with E-state index >= 15 is 0 Å². The van der Waals surface area contributed by atoms with Crippen LogP contribution in [0.3, 0.4) is 0 Å². The molecule has 0 bridgehead atoms. The summed E-state index contributed by atoms with van der Waals surface area (Å²) in [6, 6.07) is 9.48. The number of aromatic hydroxyl groups is 1. The van der Waals surface area contributed by atoms with Gasteiger partial charge in [-0.3, -0.25) is 4.72 Å². The van der Waals surface area contributed by atoms with Crippen molar-refractivity contribution in [1.82, 2.24) is 0 Å². The maximum atomic E-state index is 12.7. The summed E-state index contributed by atoms with van der Waals surface area (Å²) < 4.78 is 28.1. The minimum Gasteiger partial charge on any atom is -0.507 e. The van der Waals surface area contributed by atoms with E-state index in [1.807, 2.05) is 41.5 Å². The number of phenols is 1. The van der Waals surface area contributed by atoms with Gasteiger partial charge in [-0.05, 0) is 41.2 Å². The molecule has 0 saturated carbocycles. The zero-order chi connectivity index (χ0) is 19.9. The smallest absolute Gasteiger partial charge is 0.261 e. The number of sulfonamides is 1. The molecule has 0 aliphatic heterocycles. The fourth-order valence-electron chi connectivity index (χ4n) is 2.69. The number of halogens is 1. The van der Waals surface area contributed by atoms with Crippen LogP contribution in [0.1, 0.15) is 52.7 Å². The molecule has 6 heteroatoms. The van der Waals surface area contributed by atoms with Gasteiger partial charge in [-0.2, -0.15) is 0 Å². The third-order valence-electron chi connectivity index (χ3n) is 4.08. The van der Waals surface area contributed by atoms with E-state index in [0.29, 0.717) is 21.8 Å². The van der Waals surface area contributed by atoms with Crippen LogP contribution in [0.25, 0.3) is 0 Å². The van der Waals surface area contributed by atoms with Gasteiger partial charge in [0.25, 0.3) is 10.0 Å². The molecular formula is C20H26ClNO3S. The molecule has 2 aromatic rings. The molecule has 0 aliphatic rings. The molecule has 0 heterocycles. The van der Waals surface area contributed by atoms with E-state index in [0.717, 1.165) is 0 Å². The van der Waals surface area contributed by atoms with Crippen molar-refractivity contribution in [3.05, 3.63) is 52.5 Å². The van der Waals surface area contributed by atoms with Gasteiger partial charge in [0.15, 0.2) is 0 Å². The van der Waals surface area contributed by atoms with E-state index < -0.39 is 10.0 Å². The van der Waals surface area contributed by atoms with Gasteiger partial charge in [0, 0.05) is 21.8 Å². The second-order valence-electron chi connectivity index (χ2n) is 8.48. The Morgan fingerprint density at radius 2 is 1.42 bits per heavy atom. The van der Waals surface area contributed by atoms with Crippen LogP contribution >= 0.6 is 11.6 Å². The predicted octanol–water partition coefficient (Wildman–Crippen LogP) is 5.44. The fourth-order valence-corrected chi connectivity index (χ4v) is 4.03. The Morgan fingerprint density at radius 1 is 0.923 bits per heavy atom. The monoisotopic (exact) mass is 395 g/mol. The molecule has 0 aliphatic carbocycles. The normalized spacial score (nSPS) is 12.9. The molecule has 0 aromatic heterocycles. The highest BCUT2D eigenvalue weighted by atomic mass is 35.5. The molecule has 0 spiro atoms. The summed E-state index contributed by atoms with van der Waals surface area (Å²) in [5.41, 5.74) is 1.10. The molecule has 142 valence electrons. The lowest BCUT2D eigenvalue weighted by Gasteiger charge is -2.28. The van der Waals surface area contributed by atoms with Gasteiger partial charge in [0.05, 0.1) is 4.90 Å². The topological polar surface area (TPSA) is 66.4 Å². The van der Waals surface area contributed by atoms with Crippen molar-refractivity contribution in [2.75, 3.05) is 4.72 Å². The van der Waals surface area contributed by atoms with Crippen LogP contribution in [0.15, 0.2) is 41.3 Å². The minimum absolute atomic E-state index is 0.0905. The largest absolute Gasteiger partial charge is 0.507 e. The first kappa shape index (κ1) is 20.6. The first-order valence-corrected chi connectivity index (χ1v) is 10.2. The van der Waals surface area contributed by atoms with Gasteiger partial charge in [-0.1, -0.05) is 59.2 Å². The van der Waals surface area contributed by atoms with Crippen molar-refractivity contribution in [1.29, 1.82) is 0 Å². The minimum atomic E-state index is -3.79. The summed E-state index contributed by atoms with van der Waals surface area (Å²) >= 11 is 5.92. The quantitative estimate of drug-likeness (QED) is 0.680. The summed E-state index contributed by atoms with van der Waals surface area (Å²) in [5.74, 6) is 0.204. The first-order valence-electron chi connectivity index (χ1n) is 8.38. The lowest BCUT2D eigenvalue weighted by molar-refractivity contribution is 0.423. The number of hydrogen-bond donors (Lipinski definition) is 2. The highest BCUT2D eigenvalue weighted by molar-refractivity contribution is 7.92. The lowest BCUT2D eigenvalue weighted by atomic mass is 9.79. The van der Waals surface area contributed by atoms with Crippen molar-refractivity contribution in [3.63, 3.8) is 0 Å². The summed E-state index contributed by atoms with van der Waals surface area (Å²) in [5, 5.41) is 11.1. The van der Waals surface area contributed by atoms with Gasteiger partial charge in [-0.15, -0.1) is 0 Å². The SMILES string of the molecule is CC(C)(C)c1cc(NS(=O)(=O)c2cccc(Cl)c2)cc(C(C)(C)C)c1O. The first-order chi connectivity index (χ1) is 11.7. The van der Waals surface area contributed by atoms with Crippen molar-refractivity contribution in [2.45, 2.75) is 57.3 Å².